The zero-order valence-corrected chi connectivity index (χ0v) is 9.60. The quantitative estimate of drug-likeness (QED) is 0.816. The minimum atomic E-state index is -4.07. The number of nitriles is 1. The normalized spacial score (nSPS) is 11.1. The van der Waals surface area contributed by atoms with Crippen LogP contribution in [-0.4, -0.2) is 15.0 Å². The summed E-state index contributed by atoms with van der Waals surface area (Å²) in [5.74, 6) is -1.84. The molecule has 1 aromatic rings. The van der Waals surface area contributed by atoms with E-state index in [0.717, 1.165) is 12.1 Å². The Hall–Kier alpha value is -1.52. The second-order valence-electron chi connectivity index (χ2n) is 3.23. The van der Waals surface area contributed by atoms with Crippen molar-refractivity contribution < 1.29 is 17.2 Å². The Morgan fingerprint density at radius 3 is 2.71 bits per heavy atom. The van der Waals surface area contributed by atoms with Gasteiger partial charge in [0.2, 0.25) is 10.0 Å². The molecule has 1 N–H and O–H groups in total. The third-order valence-electron chi connectivity index (χ3n) is 1.94. The summed E-state index contributed by atoms with van der Waals surface area (Å²) in [5.41, 5.74) is 0. The molecule has 0 saturated carbocycles. The standard InChI is InChI=1S/C10H10F2N2O2S/c11-8-3-4-9(12)10(7-8)17(15,16)14-6-2-1-5-13/h3-4,7,14H,1-2,6H2. The van der Waals surface area contributed by atoms with Crippen molar-refractivity contribution in [1.82, 2.24) is 4.72 Å². The van der Waals surface area contributed by atoms with Gasteiger partial charge in [-0.1, -0.05) is 0 Å². The zero-order chi connectivity index (χ0) is 12.9. The molecule has 0 amide bonds. The monoisotopic (exact) mass is 260 g/mol. The van der Waals surface area contributed by atoms with E-state index in [0.29, 0.717) is 12.5 Å². The Bertz CT molecular complexity index is 538. The van der Waals surface area contributed by atoms with E-state index < -0.39 is 26.6 Å². The summed E-state index contributed by atoms with van der Waals surface area (Å²) in [6.45, 7) is 0.00580. The molecular formula is C10H10F2N2O2S. The molecule has 1 aromatic carbocycles. The first-order valence-electron chi connectivity index (χ1n) is 4.79. The summed E-state index contributed by atoms with van der Waals surface area (Å²) in [5, 5.41) is 8.26. The Balaban J connectivity index is 2.83. The van der Waals surface area contributed by atoms with Gasteiger partial charge in [0.25, 0.3) is 0 Å². The number of nitrogens with zero attached hydrogens (tertiary/aromatic N) is 1. The molecule has 0 aliphatic carbocycles. The van der Waals surface area contributed by atoms with Gasteiger partial charge in [0.05, 0.1) is 6.07 Å². The summed E-state index contributed by atoms with van der Waals surface area (Å²) >= 11 is 0. The summed E-state index contributed by atoms with van der Waals surface area (Å²) in [7, 11) is -4.07. The number of unbranched alkanes of at least 4 members (excludes halogenated alkanes) is 1. The highest BCUT2D eigenvalue weighted by Gasteiger charge is 2.19. The van der Waals surface area contributed by atoms with Crippen LogP contribution in [-0.2, 0) is 10.0 Å². The van der Waals surface area contributed by atoms with Crippen LogP contribution in [0.2, 0.25) is 0 Å². The van der Waals surface area contributed by atoms with Gasteiger partial charge in [-0.3, -0.25) is 0 Å². The summed E-state index contributed by atoms with van der Waals surface area (Å²) in [4.78, 5) is -0.727. The molecule has 0 aliphatic rings. The van der Waals surface area contributed by atoms with Gasteiger partial charge in [0, 0.05) is 13.0 Å². The lowest BCUT2D eigenvalue weighted by atomic mass is 10.3. The zero-order valence-electron chi connectivity index (χ0n) is 8.78. The Morgan fingerprint density at radius 2 is 2.06 bits per heavy atom. The van der Waals surface area contributed by atoms with E-state index >= 15 is 0 Å². The lowest BCUT2D eigenvalue weighted by Gasteiger charge is -2.06. The molecule has 0 spiro atoms. The number of halogens is 2. The second kappa shape index (κ2) is 5.70. The molecule has 7 heteroatoms. The van der Waals surface area contributed by atoms with Gasteiger partial charge in [-0.05, 0) is 24.6 Å². The van der Waals surface area contributed by atoms with E-state index in [1.807, 2.05) is 6.07 Å². The number of hydrogen-bond donors (Lipinski definition) is 1. The van der Waals surface area contributed by atoms with Gasteiger partial charge in [-0.2, -0.15) is 5.26 Å². The maximum atomic E-state index is 13.2. The smallest absolute Gasteiger partial charge is 0.211 e. The maximum Gasteiger partial charge on any atom is 0.243 e. The predicted octanol–water partition coefficient (Wildman–Crippen LogP) is 1.55. The fourth-order valence-corrected chi connectivity index (χ4v) is 2.30. The summed E-state index contributed by atoms with van der Waals surface area (Å²) in [6.07, 6.45) is 0.501. The molecule has 0 aliphatic heterocycles. The van der Waals surface area contributed by atoms with E-state index in [-0.39, 0.29) is 13.0 Å². The molecule has 0 bridgehead atoms. The number of hydrogen-bond acceptors (Lipinski definition) is 3. The lowest BCUT2D eigenvalue weighted by Crippen LogP contribution is -2.25. The molecule has 4 nitrogen and oxygen atoms in total. The van der Waals surface area contributed by atoms with Crippen molar-refractivity contribution in [3.05, 3.63) is 29.8 Å². The second-order valence-corrected chi connectivity index (χ2v) is 4.97. The highest BCUT2D eigenvalue weighted by molar-refractivity contribution is 7.89. The van der Waals surface area contributed by atoms with Crippen molar-refractivity contribution in [3.63, 3.8) is 0 Å². The molecular weight excluding hydrogens is 250 g/mol. The third kappa shape index (κ3) is 3.76. The van der Waals surface area contributed by atoms with Crippen LogP contribution in [0.5, 0.6) is 0 Å². The van der Waals surface area contributed by atoms with Crippen LogP contribution in [0.25, 0.3) is 0 Å². The number of sulfonamides is 1. The van der Waals surface area contributed by atoms with Crippen molar-refractivity contribution in [2.45, 2.75) is 17.7 Å². The SMILES string of the molecule is N#CCCCNS(=O)(=O)c1cc(F)ccc1F. The third-order valence-corrected chi connectivity index (χ3v) is 3.42. The van der Waals surface area contributed by atoms with Crippen molar-refractivity contribution in [1.29, 1.82) is 5.26 Å². The first-order chi connectivity index (χ1) is 7.97. The lowest BCUT2D eigenvalue weighted by molar-refractivity contribution is 0.545. The van der Waals surface area contributed by atoms with Crippen molar-refractivity contribution >= 4 is 10.0 Å². The molecule has 1 rings (SSSR count). The van der Waals surface area contributed by atoms with Crippen LogP contribution in [0.4, 0.5) is 8.78 Å². The number of benzene rings is 1. The van der Waals surface area contributed by atoms with E-state index in [1.165, 1.54) is 0 Å². The van der Waals surface area contributed by atoms with Gasteiger partial charge < -0.3 is 0 Å². The largest absolute Gasteiger partial charge is 0.243 e. The highest BCUT2D eigenvalue weighted by Crippen LogP contribution is 2.15. The van der Waals surface area contributed by atoms with Gasteiger partial charge in [-0.25, -0.2) is 21.9 Å². The maximum absolute atomic E-state index is 13.2. The van der Waals surface area contributed by atoms with Crippen LogP contribution < -0.4 is 4.72 Å². The molecule has 0 radical (unpaired) electrons. The van der Waals surface area contributed by atoms with E-state index in [9.17, 15) is 17.2 Å². The molecule has 0 aromatic heterocycles. The Morgan fingerprint density at radius 1 is 1.35 bits per heavy atom. The highest BCUT2D eigenvalue weighted by atomic mass is 32.2. The van der Waals surface area contributed by atoms with Crippen LogP contribution >= 0.6 is 0 Å². The van der Waals surface area contributed by atoms with Crippen molar-refractivity contribution in [3.8, 4) is 6.07 Å². The molecule has 0 fully saturated rings. The molecule has 0 saturated heterocycles. The minimum absolute atomic E-state index is 0.00580. The molecule has 17 heavy (non-hydrogen) atoms. The number of nitrogens with one attached hydrogen (secondary N) is 1. The van der Waals surface area contributed by atoms with E-state index in [2.05, 4.69) is 4.72 Å². The fraction of sp³-hybridized carbons (Fsp3) is 0.300. The minimum Gasteiger partial charge on any atom is -0.211 e. The first kappa shape index (κ1) is 13.5. The topological polar surface area (TPSA) is 70.0 Å². The molecule has 0 unspecified atom stereocenters. The van der Waals surface area contributed by atoms with Crippen LogP contribution in [0.3, 0.4) is 0 Å². The van der Waals surface area contributed by atoms with Crippen LogP contribution in [0.1, 0.15) is 12.8 Å². The van der Waals surface area contributed by atoms with E-state index in [4.69, 9.17) is 5.26 Å². The Labute approximate surface area is 97.9 Å². The van der Waals surface area contributed by atoms with Crippen LogP contribution in [0, 0.1) is 23.0 Å². The predicted molar refractivity (Wildman–Crippen MR) is 56.4 cm³/mol. The van der Waals surface area contributed by atoms with Crippen molar-refractivity contribution in [2.75, 3.05) is 6.54 Å². The van der Waals surface area contributed by atoms with Gasteiger partial charge in [-0.15, -0.1) is 0 Å². The number of rotatable bonds is 5. The average Bonchev–Trinajstić information content (AvgIpc) is 2.28. The molecule has 0 heterocycles. The first-order valence-corrected chi connectivity index (χ1v) is 6.27. The fourth-order valence-electron chi connectivity index (χ4n) is 1.13. The Kier molecular flexibility index (Phi) is 4.54. The summed E-state index contributed by atoms with van der Waals surface area (Å²) < 4.78 is 51.2. The van der Waals surface area contributed by atoms with Crippen LogP contribution in [0.15, 0.2) is 23.1 Å². The van der Waals surface area contributed by atoms with Gasteiger partial charge >= 0.3 is 0 Å². The molecule has 0 atom stereocenters. The average molecular weight is 260 g/mol. The van der Waals surface area contributed by atoms with Gasteiger partial charge in [0.1, 0.15) is 16.5 Å². The van der Waals surface area contributed by atoms with Crippen molar-refractivity contribution in [2.24, 2.45) is 0 Å². The summed E-state index contributed by atoms with van der Waals surface area (Å²) in [6, 6.07) is 4.04. The van der Waals surface area contributed by atoms with E-state index in [1.54, 1.807) is 0 Å². The van der Waals surface area contributed by atoms with Gasteiger partial charge in [0.15, 0.2) is 0 Å². The molecule has 92 valence electrons.